The van der Waals surface area contributed by atoms with Gasteiger partial charge >= 0.3 is 12.2 Å². The number of alkyl halides is 3. The summed E-state index contributed by atoms with van der Waals surface area (Å²) in [5.74, 6) is 0.666. The fourth-order valence-corrected chi connectivity index (χ4v) is 3.77. The lowest BCUT2D eigenvalue weighted by atomic mass is 10.2. The Morgan fingerprint density at radius 2 is 1.71 bits per heavy atom. The third-order valence-corrected chi connectivity index (χ3v) is 5.61. The molecule has 0 aliphatic heterocycles. The number of amides is 2. The molecular weight excluding hydrogens is 523 g/mol. The zero-order valence-corrected chi connectivity index (χ0v) is 20.0. The minimum Gasteiger partial charge on any atom is -0.437 e. The maximum Gasteiger partial charge on any atom is 0.417 e. The summed E-state index contributed by atoms with van der Waals surface area (Å²) in [6.07, 6.45) is 0.0649. The number of ether oxygens (including phenoxy) is 1. The van der Waals surface area contributed by atoms with Crippen molar-refractivity contribution in [1.82, 2.24) is 24.5 Å². The number of pyridine rings is 1. The molecule has 0 aliphatic rings. The monoisotopic (exact) mass is 539 g/mol. The van der Waals surface area contributed by atoms with Crippen molar-refractivity contribution in [2.24, 2.45) is 0 Å². The SMILES string of the molecule is O=C(Nc1ccc(Oc2ncnc3c2ncn3Cc2ccccn2)cc1)Nc1ccc(Cl)c(C(F)(F)F)c1. The van der Waals surface area contributed by atoms with E-state index in [0.717, 1.165) is 17.8 Å². The van der Waals surface area contributed by atoms with Crippen molar-refractivity contribution in [2.75, 3.05) is 10.6 Å². The van der Waals surface area contributed by atoms with Gasteiger partial charge in [0.05, 0.1) is 29.2 Å². The van der Waals surface area contributed by atoms with Gasteiger partial charge in [-0.15, -0.1) is 0 Å². The maximum absolute atomic E-state index is 13.0. The summed E-state index contributed by atoms with van der Waals surface area (Å²) in [7, 11) is 0. The summed E-state index contributed by atoms with van der Waals surface area (Å²) in [5.41, 5.74) is 1.16. The highest BCUT2D eigenvalue weighted by Crippen LogP contribution is 2.36. The molecule has 2 N–H and O–H groups in total. The maximum atomic E-state index is 13.0. The average Bonchev–Trinajstić information content (AvgIpc) is 3.30. The molecule has 9 nitrogen and oxygen atoms in total. The van der Waals surface area contributed by atoms with Gasteiger partial charge in [-0.2, -0.15) is 18.2 Å². The number of carbonyl (C=O) groups excluding carboxylic acids is 1. The first kappa shape index (κ1) is 25.0. The number of halogens is 4. The van der Waals surface area contributed by atoms with E-state index in [2.05, 4.69) is 30.6 Å². The topological polar surface area (TPSA) is 107 Å². The van der Waals surface area contributed by atoms with E-state index in [9.17, 15) is 18.0 Å². The summed E-state index contributed by atoms with van der Waals surface area (Å²) in [6, 6.07) is 14.3. The lowest BCUT2D eigenvalue weighted by Crippen LogP contribution is -2.19. The Morgan fingerprint density at radius 1 is 0.947 bits per heavy atom. The summed E-state index contributed by atoms with van der Waals surface area (Å²) in [4.78, 5) is 29.4. The van der Waals surface area contributed by atoms with Crippen LogP contribution in [0.4, 0.5) is 29.3 Å². The number of nitrogens with zero attached hydrogens (tertiary/aromatic N) is 5. The quantitative estimate of drug-likeness (QED) is 0.259. The number of fused-ring (bicyclic) bond motifs is 1. The second-order valence-corrected chi connectivity index (χ2v) is 8.35. The Bertz CT molecular complexity index is 1590. The van der Waals surface area contributed by atoms with Crippen molar-refractivity contribution in [2.45, 2.75) is 12.7 Å². The van der Waals surface area contributed by atoms with E-state index in [-0.39, 0.29) is 11.6 Å². The smallest absolute Gasteiger partial charge is 0.417 e. The zero-order valence-electron chi connectivity index (χ0n) is 19.3. The van der Waals surface area contributed by atoms with Crippen LogP contribution in [0.3, 0.4) is 0 Å². The van der Waals surface area contributed by atoms with Gasteiger partial charge in [0.25, 0.3) is 5.88 Å². The summed E-state index contributed by atoms with van der Waals surface area (Å²) in [6.45, 7) is 0.476. The number of anilines is 2. The van der Waals surface area contributed by atoms with E-state index < -0.39 is 22.8 Å². The van der Waals surface area contributed by atoms with Gasteiger partial charge in [0.2, 0.25) is 0 Å². The molecule has 0 atom stereocenters. The number of carbonyl (C=O) groups is 1. The van der Waals surface area contributed by atoms with Gasteiger partial charge < -0.3 is 19.9 Å². The summed E-state index contributed by atoms with van der Waals surface area (Å²) < 4.78 is 46.8. The molecule has 5 rings (SSSR count). The molecule has 0 spiro atoms. The highest BCUT2D eigenvalue weighted by molar-refractivity contribution is 6.31. The molecule has 0 radical (unpaired) electrons. The number of urea groups is 1. The lowest BCUT2D eigenvalue weighted by molar-refractivity contribution is -0.137. The second kappa shape index (κ2) is 10.3. The summed E-state index contributed by atoms with van der Waals surface area (Å²) in [5, 5.41) is 4.44. The van der Waals surface area contributed by atoms with Crippen LogP contribution in [0.5, 0.6) is 11.6 Å². The van der Waals surface area contributed by atoms with Crippen molar-refractivity contribution in [3.05, 3.63) is 95.8 Å². The van der Waals surface area contributed by atoms with Crippen LogP contribution < -0.4 is 15.4 Å². The molecular formula is C25H17ClF3N7O2. The molecule has 5 aromatic rings. The highest BCUT2D eigenvalue weighted by Gasteiger charge is 2.33. The van der Waals surface area contributed by atoms with Crippen molar-refractivity contribution >= 4 is 40.2 Å². The van der Waals surface area contributed by atoms with Crippen LogP contribution >= 0.6 is 11.6 Å². The molecule has 2 amide bonds. The average molecular weight is 540 g/mol. The van der Waals surface area contributed by atoms with Crippen molar-refractivity contribution in [3.8, 4) is 11.6 Å². The largest absolute Gasteiger partial charge is 0.437 e. The fraction of sp³-hybridized carbons (Fsp3) is 0.0800. The first-order chi connectivity index (χ1) is 18.3. The fourth-order valence-electron chi connectivity index (χ4n) is 3.55. The van der Waals surface area contributed by atoms with Crippen LogP contribution in [0, 0.1) is 0 Å². The number of hydrogen-bond donors (Lipinski definition) is 2. The number of rotatable bonds is 6. The van der Waals surface area contributed by atoms with Gasteiger partial charge in [-0.1, -0.05) is 17.7 Å². The standard InChI is InChI=1S/C25H17ClF3N7O2/c26-20-9-6-16(11-19(20)25(27,28)29)35-24(37)34-15-4-7-18(8-5-15)38-23-21-22(31-13-32-23)36(14-33-21)12-17-3-1-2-10-30-17/h1-11,13-14H,12H2,(H2,34,35,37). The number of hydrogen-bond acceptors (Lipinski definition) is 6. The molecule has 0 saturated carbocycles. The van der Waals surface area contributed by atoms with E-state index in [1.807, 2.05) is 22.8 Å². The van der Waals surface area contributed by atoms with Crippen LogP contribution in [-0.2, 0) is 12.7 Å². The summed E-state index contributed by atoms with van der Waals surface area (Å²) >= 11 is 5.61. The first-order valence-electron chi connectivity index (χ1n) is 11.0. The minimum absolute atomic E-state index is 0.0607. The van der Waals surface area contributed by atoms with Gasteiger partial charge in [0.1, 0.15) is 12.1 Å². The van der Waals surface area contributed by atoms with Crippen molar-refractivity contribution in [3.63, 3.8) is 0 Å². The molecule has 0 bridgehead atoms. The molecule has 0 saturated heterocycles. The van der Waals surface area contributed by atoms with Crippen molar-refractivity contribution < 1.29 is 22.7 Å². The molecule has 3 heterocycles. The molecule has 2 aromatic carbocycles. The molecule has 13 heteroatoms. The van der Waals surface area contributed by atoms with Crippen LogP contribution in [0.25, 0.3) is 11.2 Å². The Labute approximate surface area is 218 Å². The number of imidazole rings is 1. The van der Waals surface area contributed by atoms with Gasteiger partial charge in [0, 0.05) is 17.6 Å². The van der Waals surface area contributed by atoms with Gasteiger partial charge in [-0.05, 0) is 54.6 Å². The van der Waals surface area contributed by atoms with Crippen molar-refractivity contribution in [1.29, 1.82) is 0 Å². The third kappa shape index (κ3) is 5.65. The second-order valence-electron chi connectivity index (χ2n) is 7.94. The van der Waals surface area contributed by atoms with Crippen LogP contribution in [0.1, 0.15) is 11.3 Å². The minimum atomic E-state index is -4.65. The Kier molecular flexibility index (Phi) is 6.79. The normalized spacial score (nSPS) is 11.4. The number of benzene rings is 2. The van der Waals surface area contributed by atoms with Gasteiger partial charge in [0.15, 0.2) is 11.2 Å². The first-order valence-corrected chi connectivity index (χ1v) is 11.4. The molecule has 0 unspecified atom stereocenters. The predicted molar refractivity (Wildman–Crippen MR) is 134 cm³/mol. The van der Waals surface area contributed by atoms with E-state index >= 15 is 0 Å². The molecule has 3 aromatic heterocycles. The van der Waals surface area contributed by atoms with E-state index in [1.54, 1.807) is 36.8 Å². The molecule has 0 aliphatic carbocycles. The Morgan fingerprint density at radius 3 is 2.45 bits per heavy atom. The van der Waals surface area contributed by atoms with E-state index in [4.69, 9.17) is 16.3 Å². The van der Waals surface area contributed by atoms with Crippen LogP contribution in [-0.4, -0.2) is 30.5 Å². The van der Waals surface area contributed by atoms with Crippen LogP contribution in [0.2, 0.25) is 5.02 Å². The third-order valence-electron chi connectivity index (χ3n) is 5.28. The van der Waals surface area contributed by atoms with Gasteiger partial charge in [-0.3, -0.25) is 4.98 Å². The lowest BCUT2D eigenvalue weighted by Gasteiger charge is -2.12. The zero-order chi connectivity index (χ0) is 26.7. The Hall–Kier alpha value is -4.71. The Balaban J connectivity index is 1.25. The molecule has 38 heavy (non-hydrogen) atoms. The predicted octanol–water partition coefficient (Wildman–Crippen LogP) is 6.38. The molecule has 192 valence electrons. The number of nitrogens with one attached hydrogen (secondary N) is 2. The van der Waals surface area contributed by atoms with E-state index in [0.29, 0.717) is 29.1 Å². The van der Waals surface area contributed by atoms with E-state index in [1.165, 1.54) is 12.4 Å². The molecule has 0 fully saturated rings. The van der Waals surface area contributed by atoms with Crippen LogP contribution in [0.15, 0.2) is 79.5 Å². The highest BCUT2D eigenvalue weighted by atomic mass is 35.5. The number of aromatic nitrogens is 5. The van der Waals surface area contributed by atoms with Gasteiger partial charge in [-0.25, -0.2) is 14.8 Å².